The molecule has 0 bridgehead atoms. The maximum Gasteiger partial charge on any atom is 0.410 e. The minimum atomic E-state index is -0.490. The van der Waals surface area contributed by atoms with Gasteiger partial charge in [-0.2, -0.15) is 0 Å². The van der Waals surface area contributed by atoms with E-state index >= 15 is 0 Å². The third-order valence-corrected chi connectivity index (χ3v) is 3.52. The van der Waals surface area contributed by atoms with Gasteiger partial charge in [0.15, 0.2) is 0 Å². The van der Waals surface area contributed by atoms with Crippen molar-refractivity contribution < 1.29 is 13.9 Å². The fourth-order valence-electron chi connectivity index (χ4n) is 2.03. The van der Waals surface area contributed by atoms with E-state index in [1.807, 2.05) is 20.8 Å². The van der Waals surface area contributed by atoms with Crippen LogP contribution in [0.2, 0.25) is 5.02 Å². The third-order valence-electron chi connectivity index (χ3n) is 3.16. The minimum absolute atomic E-state index is 0.133. The Labute approximate surface area is 129 Å². The average Bonchev–Trinajstić information content (AvgIpc) is 2.27. The van der Waals surface area contributed by atoms with Crippen LogP contribution < -0.4 is 5.32 Å². The Morgan fingerprint density at radius 1 is 1.48 bits per heavy atom. The molecule has 116 valence electrons. The molecule has 1 saturated heterocycles. The summed E-state index contributed by atoms with van der Waals surface area (Å²) in [6, 6.07) is 4.76. The van der Waals surface area contributed by atoms with Crippen molar-refractivity contribution in [3.05, 3.63) is 34.6 Å². The van der Waals surface area contributed by atoms with E-state index < -0.39 is 5.60 Å². The first-order chi connectivity index (χ1) is 9.76. The molecule has 1 amide bonds. The number of hydrogen-bond acceptors (Lipinski definition) is 3. The van der Waals surface area contributed by atoms with E-state index in [1.54, 1.807) is 17.0 Å². The summed E-state index contributed by atoms with van der Waals surface area (Å²) in [6.07, 6.45) is -0.315. The van der Waals surface area contributed by atoms with Crippen molar-refractivity contribution in [1.29, 1.82) is 0 Å². The third kappa shape index (κ3) is 4.32. The highest BCUT2D eigenvalue weighted by Gasteiger charge is 2.33. The van der Waals surface area contributed by atoms with Gasteiger partial charge in [0.25, 0.3) is 0 Å². The molecule has 0 atom stereocenters. The number of carbonyl (C=O) groups excluding carboxylic acids is 1. The normalized spacial score (nSPS) is 15.8. The Kier molecular flexibility index (Phi) is 4.74. The van der Waals surface area contributed by atoms with Crippen molar-refractivity contribution in [3.8, 4) is 0 Å². The van der Waals surface area contributed by atoms with Gasteiger partial charge in [-0.05, 0) is 32.9 Å². The molecule has 4 nitrogen and oxygen atoms in total. The number of ether oxygens (including phenoxy) is 1. The van der Waals surface area contributed by atoms with Crippen LogP contribution in [0.4, 0.5) is 9.18 Å². The maximum atomic E-state index is 13.6. The summed E-state index contributed by atoms with van der Waals surface area (Å²) in [7, 11) is 0. The lowest BCUT2D eigenvalue weighted by Gasteiger charge is -2.40. The Morgan fingerprint density at radius 2 is 2.14 bits per heavy atom. The van der Waals surface area contributed by atoms with E-state index in [0.717, 1.165) is 0 Å². The molecule has 0 aliphatic carbocycles. The lowest BCUT2D eigenvalue weighted by molar-refractivity contribution is 0.00515. The highest BCUT2D eigenvalue weighted by Crippen LogP contribution is 2.20. The summed E-state index contributed by atoms with van der Waals surface area (Å²) in [5, 5.41) is 3.60. The number of rotatable bonds is 3. The van der Waals surface area contributed by atoms with E-state index in [2.05, 4.69) is 5.32 Å². The molecule has 1 heterocycles. The summed E-state index contributed by atoms with van der Waals surface area (Å²) >= 11 is 5.96. The van der Waals surface area contributed by atoms with E-state index in [4.69, 9.17) is 16.3 Å². The van der Waals surface area contributed by atoms with Crippen LogP contribution in [0, 0.1) is 5.82 Å². The number of nitrogens with zero attached hydrogens (tertiary/aromatic N) is 1. The van der Waals surface area contributed by atoms with E-state index in [0.29, 0.717) is 30.2 Å². The van der Waals surface area contributed by atoms with Crippen LogP contribution in [-0.2, 0) is 11.3 Å². The zero-order chi connectivity index (χ0) is 15.6. The summed E-state index contributed by atoms with van der Waals surface area (Å²) in [5.74, 6) is -0.321. The molecule has 1 N–H and O–H groups in total. The minimum Gasteiger partial charge on any atom is -0.444 e. The second-order valence-electron chi connectivity index (χ2n) is 6.16. The van der Waals surface area contributed by atoms with Crippen molar-refractivity contribution in [2.75, 3.05) is 13.1 Å². The van der Waals surface area contributed by atoms with Crippen LogP contribution >= 0.6 is 11.6 Å². The summed E-state index contributed by atoms with van der Waals surface area (Å²) in [4.78, 5) is 13.4. The molecule has 1 aromatic rings. The van der Waals surface area contributed by atoms with Gasteiger partial charge in [0.05, 0.1) is 0 Å². The second kappa shape index (κ2) is 6.20. The lowest BCUT2D eigenvalue weighted by Crippen LogP contribution is -2.60. The zero-order valence-corrected chi connectivity index (χ0v) is 13.2. The maximum absolute atomic E-state index is 13.6. The molecule has 0 saturated carbocycles. The van der Waals surface area contributed by atoms with E-state index in [-0.39, 0.29) is 18.0 Å². The zero-order valence-electron chi connectivity index (χ0n) is 12.5. The molecule has 1 aliphatic rings. The molecular formula is C15H20ClFN2O2. The predicted molar refractivity (Wildman–Crippen MR) is 79.8 cm³/mol. The van der Waals surface area contributed by atoms with Crippen LogP contribution in [0.3, 0.4) is 0 Å². The average molecular weight is 315 g/mol. The van der Waals surface area contributed by atoms with Gasteiger partial charge in [0.2, 0.25) is 0 Å². The number of halogens is 2. The second-order valence-corrected chi connectivity index (χ2v) is 6.57. The quantitative estimate of drug-likeness (QED) is 0.931. The van der Waals surface area contributed by atoms with Gasteiger partial charge in [-0.1, -0.05) is 17.7 Å². The number of nitrogens with one attached hydrogen (secondary N) is 1. The fraction of sp³-hybridized carbons (Fsp3) is 0.533. The van der Waals surface area contributed by atoms with Crippen LogP contribution in [0.5, 0.6) is 0 Å². The first kappa shape index (κ1) is 16.0. The number of likely N-dealkylation sites (tertiary alicyclic amines) is 1. The van der Waals surface area contributed by atoms with Gasteiger partial charge in [-0.25, -0.2) is 9.18 Å². The van der Waals surface area contributed by atoms with Crippen LogP contribution in [-0.4, -0.2) is 35.7 Å². The van der Waals surface area contributed by atoms with Crippen molar-refractivity contribution >= 4 is 17.7 Å². The van der Waals surface area contributed by atoms with Crippen molar-refractivity contribution in [1.82, 2.24) is 10.2 Å². The van der Waals surface area contributed by atoms with Crippen molar-refractivity contribution in [3.63, 3.8) is 0 Å². The molecule has 21 heavy (non-hydrogen) atoms. The summed E-state index contributed by atoms with van der Waals surface area (Å²) in [5.41, 5.74) is -0.0362. The monoisotopic (exact) mass is 314 g/mol. The van der Waals surface area contributed by atoms with Gasteiger partial charge >= 0.3 is 6.09 Å². The molecule has 1 fully saturated rings. The summed E-state index contributed by atoms with van der Waals surface area (Å²) in [6.45, 7) is 6.96. The van der Waals surface area contributed by atoms with Crippen LogP contribution in [0.25, 0.3) is 0 Å². The molecule has 1 aromatic carbocycles. The Balaban J connectivity index is 1.77. The molecule has 0 spiro atoms. The number of amides is 1. The Morgan fingerprint density at radius 3 is 2.71 bits per heavy atom. The standard InChI is InChI=1S/C15H20ClFN2O2/c1-15(2,3)21-14(20)19-8-10(9-19)18-7-11-12(16)5-4-6-13(11)17/h4-6,10,18H,7-9H2,1-3H3. The molecule has 1 aliphatic heterocycles. The SMILES string of the molecule is CC(C)(C)OC(=O)N1CC(NCc2c(F)cccc2Cl)C1. The highest BCUT2D eigenvalue weighted by atomic mass is 35.5. The van der Waals surface area contributed by atoms with Crippen LogP contribution in [0.1, 0.15) is 26.3 Å². The van der Waals surface area contributed by atoms with Gasteiger partial charge in [0, 0.05) is 36.3 Å². The fourth-order valence-corrected chi connectivity index (χ4v) is 2.26. The van der Waals surface area contributed by atoms with E-state index in [1.165, 1.54) is 6.07 Å². The number of benzene rings is 1. The first-order valence-corrected chi connectivity index (χ1v) is 7.28. The predicted octanol–water partition coefficient (Wildman–Crippen LogP) is 3.19. The molecular weight excluding hydrogens is 295 g/mol. The van der Waals surface area contributed by atoms with Crippen molar-refractivity contribution in [2.45, 2.75) is 39.0 Å². The highest BCUT2D eigenvalue weighted by molar-refractivity contribution is 6.31. The van der Waals surface area contributed by atoms with Crippen LogP contribution in [0.15, 0.2) is 18.2 Å². The molecule has 6 heteroatoms. The number of carbonyl (C=O) groups is 1. The van der Waals surface area contributed by atoms with Gasteiger partial charge in [0.1, 0.15) is 11.4 Å². The largest absolute Gasteiger partial charge is 0.444 e. The topological polar surface area (TPSA) is 41.6 Å². The molecule has 0 unspecified atom stereocenters. The Hall–Kier alpha value is -1.33. The lowest BCUT2D eigenvalue weighted by atomic mass is 10.1. The van der Waals surface area contributed by atoms with E-state index in [9.17, 15) is 9.18 Å². The Bertz CT molecular complexity index is 505. The van der Waals surface area contributed by atoms with Gasteiger partial charge in [-0.15, -0.1) is 0 Å². The van der Waals surface area contributed by atoms with Gasteiger partial charge in [-0.3, -0.25) is 0 Å². The molecule has 2 rings (SSSR count). The number of hydrogen-bond donors (Lipinski definition) is 1. The summed E-state index contributed by atoms with van der Waals surface area (Å²) < 4.78 is 18.9. The molecule has 0 radical (unpaired) electrons. The smallest absolute Gasteiger partial charge is 0.410 e. The molecule has 0 aromatic heterocycles. The first-order valence-electron chi connectivity index (χ1n) is 6.90. The van der Waals surface area contributed by atoms with Gasteiger partial charge < -0.3 is 15.0 Å². The van der Waals surface area contributed by atoms with Crippen molar-refractivity contribution in [2.24, 2.45) is 0 Å².